The van der Waals surface area contributed by atoms with E-state index in [1.54, 1.807) is 0 Å². The predicted molar refractivity (Wildman–Crippen MR) is 69.5 cm³/mol. The summed E-state index contributed by atoms with van der Waals surface area (Å²) < 4.78 is 0. The van der Waals surface area contributed by atoms with Crippen LogP contribution in [-0.2, 0) is 0 Å². The van der Waals surface area contributed by atoms with Gasteiger partial charge in [0.1, 0.15) is 0 Å². The summed E-state index contributed by atoms with van der Waals surface area (Å²) in [5.74, 6) is 1.40. The number of nitrogens with two attached hydrogens (primary N) is 1. The number of nitrogens with zero attached hydrogens (tertiary/aromatic N) is 2. The summed E-state index contributed by atoms with van der Waals surface area (Å²) >= 11 is 1.49. The normalized spacial score (nSPS) is 10.6. The van der Waals surface area contributed by atoms with Crippen molar-refractivity contribution in [2.75, 3.05) is 5.73 Å². The summed E-state index contributed by atoms with van der Waals surface area (Å²) in [6.45, 7) is 0. The molecule has 5 heteroatoms. The molecule has 0 saturated carbocycles. The third kappa shape index (κ3) is 1.81. The maximum absolute atomic E-state index is 5.85. The molecule has 1 aromatic carbocycles. The standard InChI is InChI=1S/C12H10N4S/c13-10-9(6-7-17-10)12-14-11(15-16-12)8-4-2-1-3-5-8/h1-7H,13H2,(H,14,15,16). The van der Waals surface area contributed by atoms with Crippen molar-refractivity contribution in [3.8, 4) is 22.8 Å². The van der Waals surface area contributed by atoms with Gasteiger partial charge in [0.2, 0.25) is 0 Å². The Hall–Kier alpha value is -2.14. The molecule has 4 nitrogen and oxygen atoms in total. The molecule has 0 amide bonds. The molecule has 3 rings (SSSR count). The van der Waals surface area contributed by atoms with E-state index in [0.717, 1.165) is 16.1 Å². The average molecular weight is 242 g/mol. The van der Waals surface area contributed by atoms with E-state index in [2.05, 4.69) is 15.2 Å². The molecule has 0 spiro atoms. The summed E-state index contributed by atoms with van der Waals surface area (Å²) in [4.78, 5) is 4.44. The van der Waals surface area contributed by atoms with Crippen molar-refractivity contribution in [2.45, 2.75) is 0 Å². The van der Waals surface area contributed by atoms with Crippen LogP contribution in [0.1, 0.15) is 0 Å². The van der Waals surface area contributed by atoms with Crippen LogP contribution in [-0.4, -0.2) is 15.2 Å². The summed E-state index contributed by atoms with van der Waals surface area (Å²) in [6, 6.07) is 11.8. The zero-order valence-electron chi connectivity index (χ0n) is 8.92. The Morgan fingerprint density at radius 2 is 1.94 bits per heavy atom. The first kappa shape index (κ1) is 10.0. The lowest BCUT2D eigenvalue weighted by Crippen LogP contribution is -1.85. The third-order valence-electron chi connectivity index (χ3n) is 2.47. The number of benzene rings is 1. The van der Waals surface area contributed by atoms with Gasteiger partial charge in [-0.2, -0.15) is 5.10 Å². The second-order valence-corrected chi connectivity index (χ2v) is 4.52. The van der Waals surface area contributed by atoms with Crippen molar-refractivity contribution in [2.24, 2.45) is 0 Å². The second-order valence-electron chi connectivity index (χ2n) is 3.57. The molecule has 17 heavy (non-hydrogen) atoms. The molecule has 0 aliphatic carbocycles. The molecule has 2 aromatic heterocycles. The molecule has 0 bridgehead atoms. The highest BCUT2D eigenvalue weighted by atomic mass is 32.1. The van der Waals surface area contributed by atoms with Crippen LogP contribution >= 0.6 is 11.3 Å². The lowest BCUT2D eigenvalue weighted by molar-refractivity contribution is 1.10. The number of thiophene rings is 1. The van der Waals surface area contributed by atoms with Crippen LogP contribution in [0.3, 0.4) is 0 Å². The minimum Gasteiger partial charge on any atom is -0.390 e. The summed E-state index contributed by atoms with van der Waals surface area (Å²) in [6.07, 6.45) is 0. The van der Waals surface area contributed by atoms with Gasteiger partial charge in [-0.1, -0.05) is 30.3 Å². The van der Waals surface area contributed by atoms with E-state index in [9.17, 15) is 0 Å². The van der Waals surface area contributed by atoms with Crippen molar-refractivity contribution in [1.82, 2.24) is 15.2 Å². The third-order valence-corrected chi connectivity index (χ3v) is 3.21. The van der Waals surface area contributed by atoms with E-state index in [0.29, 0.717) is 11.6 Å². The predicted octanol–water partition coefficient (Wildman–Crippen LogP) is 2.78. The number of H-pyrrole nitrogens is 1. The van der Waals surface area contributed by atoms with E-state index in [1.165, 1.54) is 11.3 Å². The van der Waals surface area contributed by atoms with Crippen LogP contribution in [0.15, 0.2) is 41.8 Å². The SMILES string of the molecule is Nc1sccc1-c1nc(-c2ccccc2)n[nH]1. The Morgan fingerprint density at radius 1 is 1.12 bits per heavy atom. The van der Waals surface area contributed by atoms with Gasteiger partial charge in [-0.15, -0.1) is 11.3 Å². The van der Waals surface area contributed by atoms with E-state index in [-0.39, 0.29) is 0 Å². The number of rotatable bonds is 2. The number of nitrogens with one attached hydrogen (secondary N) is 1. The van der Waals surface area contributed by atoms with Gasteiger partial charge in [0.25, 0.3) is 0 Å². The fourth-order valence-corrected chi connectivity index (χ4v) is 2.26. The first-order valence-corrected chi connectivity index (χ1v) is 6.04. The monoisotopic (exact) mass is 242 g/mol. The minimum atomic E-state index is 0.686. The minimum absolute atomic E-state index is 0.686. The van der Waals surface area contributed by atoms with Gasteiger partial charge in [0, 0.05) is 5.56 Å². The zero-order valence-corrected chi connectivity index (χ0v) is 9.74. The number of anilines is 1. The average Bonchev–Trinajstić information content (AvgIpc) is 2.98. The topological polar surface area (TPSA) is 67.6 Å². The molecule has 2 heterocycles. The second kappa shape index (κ2) is 4.03. The smallest absolute Gasteiger partial charge is 0.181 e. The van der Waals surface area contributed by atoms with Crippen molar-refractivity contribution in [3.05, 3.63) is 41.8 Å². The molecule has 3 N–H and O–H groups in total. The summed E-state index contributed by atoms with van der Waals surface area (Å²) in [5.41, 5.74) is 7.75. The Bertz CT molecular complexity index is 627. The van der Waals surface area contributed by atoms with Gasteiger partial charge in [0.05, 0.1) is 10.6 Å². The van der Waals surface area contributed by atoms with Gasteiger partial charge in [-0.3, -0.25) is 5.10 Å². The molecule has 0 saturated heterocycles. The van der Waals surface area contributed by atoms with Crippen molar-refractivity contribution in [1.29, 1.82) is 0 Å². The zero-order chi connectivity index (χ0) is 11.7. The van der Waals surface area contributed by atoms with Gasteiger partial charge in [-0.25, -0.2) is 4.98 Å². The molecule has 0 radical (unpaired) electrons. The van der Waals surface area contributed by atoms with E-state index < -0.39 is 0 Å². The molecule has 0 aliphatic rings. The lowest BCUT2D eigenvalue weighted by Gasteiger charge is -1.93. The van der Waals surface area contributed by atoms with Gasteiger partial charge < -0.3 is 5.73 Å². The number of aromatic nitrogens is 3. The number of aromatic amines is 1. The van der Waals surface area contributed by atoms with Crippen molar-refractivity contribution in [3.63, 3.8) is 0 Å². The maximum Gasteiger partial charge on any atom is 0.181 e. The molecule has 0 atom stereocenters. The molecule has 84 valence electrons. The van der Waals surface area contributed by atoms with Crippen LogP contribution in [0.2, 0.25) is 0 Å². The number of hydrogen-bond donors (Lipinski definition) is 2. The molecule has 0 unspecified atom stereocenters. The molecular weight excluding hydrogens is 232 g/mol. The number of nitrogen functional groups attached to an aromatic ring is 1. The van der Waals surface area contributed by atoms with E-state index in [1.807, 2.05) is 41.8 Å². The first-order chi connectivity index (χ1) is 8.34. The number of hydrogen-bond acceptors (Lipinski definition) is 4. The molecular formula is C12H10N4S. The van der Waals surface area contributed by atoms with Gasteiger partial charge in [0.15, 0.2) is 11.6 Å². The highest BCUT2D eigenvalue weighted by Crippen LogP contribution is 2.28. The van der Waals surface area contributed by atoms with Crippen LogP contribution in [0.25, 0.3) is 22.8 Å². The van der Waals surface area contributed by atoms with Crippen LogP contribution < -0.4 is 5.73 Å². The Kier molecular flexibility index (Phi) is 2.38. The summed E-state index contributed by atoms with van der Waals surface area (Å²) in [5, 5.41) is 9.80. The fourth-order valence-electron chi connectivity index (χ4n) is 1.62. The highest BCUT2D eigenvalue weighted by Gasteiger charge is 2.10. The van der Waals surface area contributed by atoms with Crippen molar-refractivity contribution < 1.29 is 0 Å². The molecule has 3 aromatic rings. The fraction of sp³-hybridized carbons (Fsp3) is 0. The van der Waals surface area contributed by atoms with Gasteiger partial charge >= 0.3 is 0 Å². The molecule has 0 aliphatic heterocycles. The van der Waals surface area contributed by atoms with E-state index >= 15 is 0 Å². The lowest BCUT2D eigenvalue weighted by atomic mass is 10.2. The largest absolute Gasteiger partial charge is 0.390 e. The molecule has 0 fully saturated rings. The van der Waals surface area contributed by atoms with Crippen molar-refractivity contribution >= 4 is 16.3 Å². The highest BCUT2D eigenvalue weighted by molar-refractivity contribution is 7.14. The Morgan fingerprint density at radius 3 is 2.65 bits per heavy atom. The summed E-state index contributed by atoms with van der Waals surface area (Å²) in [7, 11) is 0. The van der Waals surface area contributed by atoms with Gasteiger partial charge in [-0.05, 0) is 11.4 Å². The van der Waals surface area contributed by atoms with E-state index in [4.69, 9.17) is 5.73 Å². The quantitative estimate of drug-likeness (QED) is 0.726. The first-order valence-electron chi connectivity index (χ1n) is 5.16. The van der Waals surface area contributed by atoms with Crippen LogP contribution in [0.5, 0.6) is 0 Å². The van der Waals surface area contributed by atoms with Crippen LogP contribution in [0, 0.1) is 0 Å². The maximum atomic E-state index is 5.85. The Balaban J connectivity index is 2.02. The van der Waals surface area contributed by atoms with Crippen LogP contribution in [0.4, 0.5) is 5.00 Å². The Labute approximate surface area is 102 Å².